The van der Waals surface area contributed by atoms with Gasteiger partial charge in [0.2, 0.25) is 0 Å². The predicted octanol–water partition coefficient (Wildman–Crippen LogP) is 6.21. The van der Waals surface area contributed by atoms with E-state index in [1.54, 1.807) is 0 Å². The molecule has 0 spiro atoms. The van der Waals surface area contributed by atoms with E-state index in [1.165, 1.54) is 24.9 Å². The summed E-state index contributed by atoms with van der Waals surface area (Å²) in [6.45, 7) is -3.24. The quantitative estimate of drug-likeness (QED) is 0.335. The molecule has 0 unspecified atom stereocenters. The Morgan fingerprint density at radius 2 is 1.44 bits per heavy atom. The van der Waals surface area contributed by atoms with E-state index in [2.05, 4.69) is 4.74 Å². The van der Waals surface area contributed by atoms with Crippen LogP contribution < -0.4 is 4.74 Å². The SMILES string of the molecule is Fc1cc(C2CCC(C3CC[SiH](Cl)CC3)CC2)cc(F)c1OC(F)F. The summed E-state index contributed by atoms with van der Waals surface area (Å²) >= 11 is 6.31. The van der Waals surface area contributed by atoms with Gasteiger partial charge in [-0.1, -0.05) is 12.8 Å². The molecule has 0 amide bonds. The molecule has 1 aromatic rings. The van der Waals surface area contributed by atoms with Gasteiger partial charge in [-0.2, -0.15) is 19.9 Å². The van der Waals surface area contributed by atoms with E-state index < -0.39 is 32.1 Å². The van der Waals surface area contributed by atoms with E-state index in [9.17, 15) is 17.6 Å². The zero-order valence-electron chi connectivity index (χ0n) is 14.0. The number of halogens is 5. The van der Waals surface area contributed by atoms with Crippen LogP contribution in [0.1, 0.15) is 50.0 Å². The second-order valence-corrected chi connectivity index (χ2v) is 11.5. The highest BCUT2D eigenvalue weighted by Crippen LogP contribution is 2.44. The largest absolute Gasteiger partial charge is 0.429 e. The van der Waals surface area contributed by atoms with Crippen LogP contribution in [0.25, 0.3) is 0 Å². The Balaban J connectivity index is 1.61. The van der Waals surface area contributed by atoms with Gasteiger partial charge in [0, 0.05) is 0 Å². The summed E-state index contributed by atoms with van der Waals surface area (Å²) in [5.74, 6) is -1.58. The first kappa shape index (κ1) is 19.0. The third-order valence-corrected chi connectivity index (χ3v) is 9.07. The summed E-state index contributed by atoms with van der Waals surface area (Å²) in [6, 6.07) is 4.73. The van der Waals surface area contributed by atoms with Crippen molar-refractivity contribution >= 4 is 19.2 Å². The Bertz CT molecular complexity index is 561. The zero-order valence-corrected chi connectivity index (χ0v) is 15.9. The van der Waals surface area contributed by atoms with Gasteiger partial charge in [-0.15, -0.1) is 0 Å². The van der Waals surface area contributed by atoms with Crippen LogP contribution in [-0.4, -0.2) is 14.7 Å². The minimum absolute atomic E-state index is 0.0830. The minimum Gasteiger partial charge on any atom is -0.429 e. The smallest absolute Gasteiger partial charge is 0.387 e. The van der Waals surface area contributed by atoms with Crippen LogP contribution in [0.2, 0.25) is 12.1 Å². The first-order chi connectivity index (χ1) is 11.9. The van der Waals surface area contributed by atoms with E-state index in [0.717, 1.165) is 43.7 Å². The van der Waals surface area contributed by atoms with Gasteiger partial charge in [-0.3, -0.25) is 0 Å². The average molecular weight is 395 g/mol. The van der Waals surface area contributed by atoms with Gasteiger partial charge in [0.15, 0.2) is 17.4 Å². The summed E-state index contributed by atoms with van der Waals surface area (Å²) in [6.07, 6.45) is 6.36. The van der Waals surface area contributed by atoms with E-state index in [-0.39, 0.29) is 5.92 Å². The zero-order chi connectivity index (χ0) is 18.0. The van der Waals surface area contributed by atoms with Crippen molar-refractivity contribution in [3.63, 3.8) is 0 Å². The molecule has 1 heterocycles. The molecule has 0 N–H and O–H groups in total. The van der Waals surface area contributed by atoms with Crippen LogP contribution in [0.5, 0.6) is 5.75 Å². The normalized spacial score (nSPS) is 30.5. The summed E-state index contributed by atoms with van der Waals surface area (Å²) in [4.78, 5) is 0. The van der Waals surface area contributed by atoms with Crippen LogP contribution in [-0.2, 0) is 0 Å². The summed E-state index contributed by atoms with van der Waals surface area (Å²) in [5, 5.41) is 0. The molecule has 1 aliphatic carbocycles. The molecule has 25 heavy (non-hydrogen) atoms. The van der Waals surface area contributed by atoms with E-state index in [4.69, 9.17) is 11.1 Å². The van der Waals surface area contributed by atoms with Gasteiger partial charge in [-0.05, 0) is 73.2 Å². The van der Waals surface area contributed by atoms with Gasteiger partial charge in [0.25, 0.3) is 0 Å². The second-order valence-electron chi connectivity index (χ2n) is 7.32. The molecule has 7 heteroatoms. The highest BCUT2D eigenvalue weighted by Gasteiger charge is 2.32. The molecule has 1 nitrogen and oxygen atoms in total. The molecule has 2 aliphatic rings. The molecule has 0 radical (unpaired) electrons. The van der Waals surface area contributed by atoms with E-state index in [0.29, 0.717) is 11.5 Å². The lowest BCUT2D eigenvalue weighted by molar-refractivity contribution is -0.0546. The fraction of sp³-hybridized carbons (Fsp3) is 0.667. The second kappa shape index (κ2) is 8.29. The van der Waals surface area contributed by atoms with Crippen molar-refractivity contribution in [3.05, 3.63) is 29.3 Å². The molecule has 1 aromatic carbocycles. The Kier molecular flexibility index (Phi) is 6.31. The van der Waals surface area contributed by atoms with Gasteiger partial charge >= 0.3 is 6.61 Å². The Morgan fingerprint density at radius 1 is 0.920 bits per heavy atom. The van der Waals surface area contributed by atoms with Crippen molar-refractivity contribution in [3.8, 4) is 5.75 Å². The Labute approximate surface area is 152 Å². The highest BCUT2D eigenvalue weighted by molar-refractivity contribution is 7.07. The Hall–Kier alpha value is -0.753. The van der Waals surface area contributed by atoms with Gasteiger partial charge in [0.05, 0.1) is 0 Å². The number of alkyl halides is 2. The van der Waals surface area contributed by atoms with Crippen LogP contribution in [0, 0.1) is 23.5 Å². The molecule has 140 valence electrons. The monoisotopic (exact) mass is 394 g/mol. The number of rotatable bonds is 4. The molecule has 1 aliphatic heterocycles. The van der Waals surface area contributed by atoms with Gasteiger partial charge < -0.3 is 4.74 Å². The summed E-state index contributed by atoms with van der Waals surface area (Å²) in [5.41, 5.74) is 0.548. The fourth-order valence-electron chi connectivity index (χ4n) is 4.49. The molecule has 0 bridgehead atoms. The van der Waals surface area contributed by atoms with E-state index >= 15 is 0 Å². The molecule has 1 saturated heterocycles. The summed E-state index contributed by atoms with van der Waals surface area (Å²) in [7, 11) is -0.952. The number of hydrogen-bond donors (Lipinski definition) is 0. The van der Waals surface area contributed by atoms with Gasteiger partial charge in [-0.25, -0.2) is 8.78 Å². The maximum Gasteiger partial charge on any atom is 0.387 e. The molecule has 0 atom stereocenters. The maximum absolute atomic E-state index is 13.9. The van der Waals surface area contributed by atoms with Gasteiger partial charge in [0.1, 0.15) is 8.11 Å². The molecule has 2 fully saturated rings. The molecular weight excluding hydrogens is 372 g/mol. The third-order valence-electron chi connectivity index (χ3n) is 5.84. The first-order valence-corrected chi connectivity index (χ1v) is 12.4. The van der Waals surface area contributed by atoms with Crippen molar-refractivity contribution in [2.24, 2.45) is 11.8 Å². The van der Waals surface area contributed by atoms with Crippen molar-refractivity contribution in [1.29, 1.82) is 0 Å². The number of benzene rings is 1. The van der Waals surface area contributed by atoms with Crippen LogP contribution in [0.4, 0.5) is 17.6 Å². The van der Waals surface area contributed by atoms with Crippen LogP contribution in [0.3, 0.4) is 0 Å². The fourth-order valence-corrected chi connectivity index (χ4v) is 7.12. The molecule has 3 rings (SSSR count). The third kappa shape index (κ3) is 4.70. The van der Waals surface area contributed by atoms with E-state index in [1.807, 2.05) is 0 Å². The minimum atomic E-state index is -3.24. The molecule has 1 saturated carbocycles. The predicted molar refractivity (Wildman–Crippen MR) is 93.0 cm³/mol. The first-order valence-electron chi connectivity index (χ1n) is 9.02. The number of hydrogen-bond acceptors (Lipinski definition) is 1. The molecular formula is C18H23ClF4OSi. The van der Waals surface area contributed by atoms with Crippen molar-refractivity contribution in [1.82, 2.24) is 0 Å². The lowest BCUT2D eigenvalue weighted by Crippen LogP contribution is -2.26. The Morgan fingerprint density at radius 3 is 1.96 bits per heavy atom. The van der Waals surface area contributed by atoms with Crippen molar-refractivity contribution in [2.45, 2.75) is 63.1 Å². The summed E-state index contributed by atoms with van der Waals surface area (Å²) < 4.78 is 56.2. The standard InChI is InChI=1S/C18H23ClF4OSi/c19-25-7-5-13(6-8-25)11-1-3-12(4-2-11)14-9-15(20)17(16(21)10-14)24-18(22)23/h9-13,18,25H,1-8H2. The topological polar surface area (TPSA) is 9.23 Å². The lowest BCUT2D eigenvalue weighted by Gasteiger charge is -2.36. The van der Waals surface area contributed by atoms with Crippen LogP contribution in [0.15, 0.2) is 12.1 Å². The highest BCUT2D eigenvalue weighted by atomic mass is 35.6. The maximum atomic E-state index is 13.9. The van der Waals surface area contributed by atoms with Crippen molar-refractivity contribution in [2.75, 3.05) is 0 Å². The molecule has 0 aromatic heterocycles. The van der Waals surface area contributed by atoms with Crippen LogP contribution >= 0.6 is 11.1 Å². The average Bonchev–Trinajstić information content (AvgIpc) is 2.59. The van der Waals surface area contributed by atoms with Crippen molar-refractivity contribution < 1.29 is 22.3 Å². The lowest BCUT2D eigenvalue weighted by atomic mass is 9.72. The number of ether oxygens (including phenoxy) is 1.